The molecule has 0 unspecified atom stereocenters. The molecule has 9 nitrogen and oxygen atoms in total. The molecular formula is C27H30F3N5O4S2. The number of carbonyl (C=O) groups excluding carboxylic acids is 1. The highest BCUT2D eigenvalue weighted by Crippen LogP contribution is 2.47. The summed E-state index contributed by atoms with van der Waals surface area (Å²) in [6, 6.07) is 11.9. The minimum absolute atomic E-state index is 0.0164. The second kappa shape index (κ2) is 10.2. The van der Waals surface area contributed by atoms with E-state index in [1.807, 2.05) is 25.7 Å². The number of aromatic nitrogens is 3. The Labute approximate surface area is 241 Å². The van der Waals surface area contributed by atoms with Gasteiger partial charge >= 0.3 is 6.18 Å². The summed E-state index contributed by atoms with van der Waals surface area (Å²) in [5.41, 5.74) is -0.460. The number of hydrogen-bond donors (Lipinski definition) is 2. The predicted octanol–water partition coefficient (Wildman–Crippen LogP) is 4.78. The first-order valence-corrected chi connectivity index (χ1v) is 15.0. The van der Waals surface area contributed by atoms with Gasteiger partial charge in [-0.3, -0.25) is 4.79 Å². The first-order chi connectivity index (χ1) is 19.1. The number of pyridine rings is 1. The smallest absolute Gasteiger partial charge is 0.395 e. The molecule has 5 rings (SSSR count). The summed E-state index contributed by atoms with van der Waals surface area (Å²) in [5.74, 6) is -1.86. The van der Waals surface area contributed by atoms with Crippen LogP contribution in [0.5, 0.6) is 5.88 Å². The van der Waals surface area contributed by atoms with Gasteiger partial charge in [0.1, 0.15) is 11.9 Å². The van der Waals surface area contributed by atoms with Crippen LogP contribution in [0.15, 0.2) is 59.6 Å². The average molecular weight is 610 g/mol. The van der Waals surface area contributed by atoms with Crippen LogP contribution in [-0.2, 0) is 10.0 Å². The number of hydrogen-bond acceptors (Lipinski definition) is 8. The standard InChI is InChI=1S/C27H30F3N5O4S2/c1-4-26(40)15-25(2,3)34(16-26)23-18(24(36)33-41(37,38)17-8-6-5-7-9-17)10-11-21(31-23)35-13-12-22(32-35)39-20-14-19(20)27(28,29)30/h5-13,19-20,40H,4,14-16H2,1-3H3,(H,33,36)/t19-,20+,26+/m0/s1. The summed E-state index contributed by atoms with van der Waals surface area (Å²) in [6.07, 6.45) is -2.51. The third-order valence-corrected chi connectivity index (χ3v) is 9.43. The Bertz CT molecular complexity index is 1560. The van der Waals surface area contributed by atoms with Crippen LogP contribution in [0.25, 0.3) is 5.82 Å². The molecular weight excluding hydrogens is 579 g/mol. The molecule has 41 heavy (non-hydrogen) atoms. The Kier molecular flexibility index (Phi) is 7.29. The van der Waals surface area contributed by atoms with E-state index in [9.17, 15) is 26.4 Å². The van der Waals surface area contributed by atoms with Crippen molar-refractivity contribution in [2.45, 2.75) is 67.5 Å². The van der Waals surface area contributed by atoms with Crippen LogP contribution in [0, 0.1) is 5.92 Å². The molecule has 1 saturated carbocycles. The van der Waals surface area contributed by atoms with E-state index < -0.39 is 39.7 Å². The van der Waals surface area contributed by atoms with E-state index in [0.717, 1.165) is 6.42 Å². The van der Waals surface area contributed by atoms with Crippen molar-refractivity contribution in [3.8, 4) is 11.7 Å². The lowest BCUT2D eigenvalue weighted by Gasteiger charge is -2.33. The zero-order valence-electron chi connectivity index (χ0n) is 22.6. The molecule has 2 aromatic heterocycles. The Morgan fingerprint density at radius 3 is 2.49 bits per heavy atom. The van der Waals surface area contributed by atoms with E-state index >= 15 is 0 Å². The molecule has 1 aliphatic heterocycles. The molecule has 220 valence electrons. The van der Waals surface area contributed by atoms with Crippen LogP contribution in [0.2, 0.25) is 0 Å². The number of halogens is 3. The van der Waals surface area contributed by atoms with Gasteiger partial charge in [0.05, 0.1) is 16.4 Å². The topological polar surface area (TPSA) is 106 Å². The van der Waals surface area contributed by atoms with Crippen molar-refractivity contribution in [1.29, 1.82) is 0 Å². The fourth-order valence-electron chi connectivity index (χ4n) is 5.15. The van der Waals surface area contributed by atoms with Crippen LogP contribution >= 0.6 is 12.6 Å². The first-order valence-electron chi connectivity index (χ1n) is 13.0. The van der Waals surface area contributed by atoms with Crippen molar-refractivity contribution in [2.24, 2.45) is 5.92 Å². The third kappa shape index (κ3) is 6.03. The van der Waals surface area contributed by atoms with Gasteiger partial charge in [-0.2, -0.15) is 25.8 Å². The predicted molar refractivity (Wildman–Crippen MR) is 149 cm³/mol. The molecule has 1 amide bonds. The molecule has 2 fully saturated rings. The van der Waals surface area contributed by atoms with Crippen molar-refractivity contribution in [3.05, 3.63) is 60.3 Å². The number of nitrogens with zero attached hydrogens (tertiary/aromatic N) is 4. The largest absolute Gasteiger partial charge is 0.473 e. The fraction of sp³-hybridized carbons (Fsp3) is 0.444. The summed E-state index contributed by atoms with van der Waals surface area (Å²) in [7, 11) is -4.16. The summed E-state index contributed by atoms with van der Waals surface area (Å²) in [5, 5.41) is 4.23. The molecule has 3 atom stereocenters. The van der Waals surface area contributed by atoms with E-state index in [1.165, 1.54) is 41.2 Å². The van der Waals surface area contributed by atoms with E-state index in [0.29, 0.717) is 13.0 Å². The minimum atomic E-state index is -4.32. The number of ether oxygens (including phenoxy) is 1. The highest BCUT2D eigenvalue weighted by Gasteiger charge is 2.58. The van der Waals surface area contributed by atoms with Gasteiger partial charge in [-0.1, -0.05) is 25.1 Å². The third-order valence-electron chi connectivity index (χ3n) is 7.47. The number of carbonyl (C=O) groups is 1. The monoisotopic (exact) mass is 609 g/mol. The van der Waals surface area contributed by atoms with E-state index in [-0.39, 0.29) is 39.1 Å². The van der Waals surface area contributed by atoms with Crippen molar-refractivity contribution >= 4 is 34.4 Å². The minimum Gasteiger partial charge on any atom is -0.473 e. The highest BCUT2D eigenvalue weighted by atomic mass is 32.2. The van der Waals surface area contributed by atoms with Crippen molar-refractivity contribution in [3.63, 3.8) is 0 Å². The summed E-state index contributed by atoms with van der Waals surface area (Å²) in [4.78, 5) is 20.0. The Morgan fingerprint density at radius 1 is 1.17 bits per heavy atom. The molecule has 2 aliphatic rings. The molecule has 1 aromatic carbocycles. The lowest BCUT2D eigenvalue weighted by Crippen LogP contribution is -2.41. The number of anilines is 1. The number of rotatable bonds is 8. The van der Waals surface area contributed by atoms with E-state index in [2.05, 4.69) is 9.82 Å². The quantitative estimate of drug-likeness (QED) is 0.354. The lowest BCUT2D eigenvalue weighted by atomic mass is 9.94. The first kappa shape index (κ1) is 29.2. The lowest BCUT2D eigenvalue weighted by molar-refractivity contribution is -0.153. The maximum atomic E-state index is 13.4. The van der Waals surface area contributed by atoms with Crippen molar-refractivity contribution in [1.82, 2.24) is 19.5 Å². The second-order valence-electron chi connectivity index (χ2n) is 11.1. The van der Waals surface area contributed by atoms with Gasteiger partial charge < -0.3 is 9.64 Å². The van der Waals surface area contributed by atoms with Gasteiger partial charge in [0.15, 0.2) is 5.82 Å². The maximum absolute atomic E-state index is 13.4. The summed E-state index contributed by atoms with van der Waals surface area (Å²) < 4.78 is 73.0. The van der Waals surface area contributed by atoms with Crippen molar-refractivity contribution < 1.29 is 31.1 Å². The average Bonchev–Trinajstić information content (AvgIpc) is 3.45. The van der Waals surface area contributed by atoms with Gasteiger partial charge in [-0.15, -0.1) is 5.10 Å². The molecule has 0 bridgehead atoms. The number of thiol groups is 1. The number of benzene rings is 1. The van der Waals surface area contributed by atoms with Crippen LogP contribution in [0.3, 0.4) is 0 Å². The number of alkyl halides is 3. The van der Waals surface area contributed by atoms with Crippen LogP contribution in [0.1, 0.15) is 50.4 Å². The zero-order valence-corrected chi connectivity index (χ0v) is 24.3. The normalized spacial score (nSPS) is 23.8. The molecule has 1 aliphatic carbocycles. The fourth-order valence-corrected chi connectivity index (χ4v) is 6.66. The van der Waals surface area contributed by atoms with E-state index in [4.69, 9.17) is 22.3 Å². The van der Waals surface area contributed by atoms with Crippen LogP contribution in [-0.4, -0.2) is 58.2 Å². The van der Waals surface area contributed by atoms with Crippen LogP contribution < -0.4 is 14.4 Å². The van der Waals surface area contributed by atoms with Crippen LogP contribution in [0.4, 0.5) is 19.0 Å². The highest BCUT2D eigenvalue weighted by molar-refractivity contribution is 7.90. The van der Waals surface area contributed by atoms with Gasteiger partial charge in [-0.05, 0) is 57.4 Å². The molecule has 3 heterocycles. The number of amides is 1. The number of nitrogens with one attached hydrogen (secondary N) is 1. The molecule has 0 radical (unpaired) electrons. The summed E-state index contributed by atoms with van der Waals surface area (Å²) in [6.45, 7) is 6.44. The summed E-state index contributed by atoms with van der Waals surface area (Å²) >= 11 is 4.89. The molecule has 0 spiro atoms. The van der Waals surface area contributed by atoms with Gasteiger partial charge in [0, 0.05) is 29.1 Å². The Morgan fingerprint density at radius 2 is 1.88 bits per heavy atom. The molecule has 3 aromatic rings. The molecule has 1 N–H and O–H groups in total. The molecule has 14 heteroatoms. The van der Waals surface area contributed by atoms with Gasteiger partial charge in [0.25, 0.3) is 15.9 Å². The van der Waals surface area contributed by atoms with Gasteiger partial charge in [0.2, 0.25) is 5.88 Å². The SMILES string of the molecule is CC[C@]1(S)CN(c2nc(-n3ccc(O[C@@H]4C[C@@H]4C(F)(F)F)n3)ccc2C(=O)NS(=O)(=O)c2ccccc2)C(C)(C)C1. The zero-order chi connectivity index (χ0) is 29.8. The maximum Gasteiger partial charge on any atom is 0.395 e. The van der Waals surface area contributed by atoms with Gasteiger partial charge in [-0.25, -0.2) is 22.8 Å². The Balaban J connectivity index is 1.48. The Hall–Kier alpha value is -3.26. The second-order valence-corrected chi connectivity index (χ2v) is 13.7. The van der Waals surface area contributed by atoms with E-state index in [1.54, 1.807) is 18.2 Å². The number of sulfonamides is 1. The molecule has 1 saturated heterocycles. The van der Waals surface area contributed by atoms with Crippen molar-refractivity contribution in [2.75, 3.05) is 11.4 Å².